The lowest BCUT2D eigenvalue weighted by molar-refractivity contribution is -0.144. The summed E-state index contributed by atoms with van der Waals surface area (Å²) >= 11 is 0. The maximum Gasteiger partial charge on any atom is 0.315 e. The molecular formula is C23H25FN4O3. The second kappa shape index (κ2) is 11.0. The van der Waals surface area contributed by atoms with E-state index >= 15 is 0 Å². The first-order chi connectivity index (χ1) is 15.1. The van der Waals surface area contributed by atoms with Crippen LogP contribution in [0, 0.1) is 5.82 Å². The zero-order valence-corrected chi connectivity index (χ0v) is 17.3. The van der Waals surface area contributed by atoms with E-state index in [0.29, 0.717) is 30.0 Å². The summed E-state index contributed by atoms with van der Waals surface area (Å²) in [6.45, 7) is 2.52. The van der Waals surface area contributed by atoms with Crippen molar-refractivity contribution in [3.8, 4) is 0 Å². The fourth-order valence-electron chi connectivity index (χ4n) is 3.12. The molecule has 0 radical (unpaired) electrons. The molecule has 0 bridgehead atoms. The molecule has 1 aromatic carbocycles. The van der Waals surface area contributed by atoms with Crippen LogP contribution in [0.1, 0.15) is 31.2 Å². The molecule has 0 saturated carbocycles. The first-order valence-corrected chi connectivity index (χ1v) is 10.2. The molecule has 2 heterocycles. The van der Waals surface area contributed by atoms with Gasteiger partial charge >= 0.3 is 5.97 Å². The van der Waals surface area contributed by atoms with Gasteiger partial charge in [0, 0.05) is 31.1 Å². The smallest absolute Gasteiger partial charge is 0.315 e. The van der Waals surface area contributed by atoms with Gasteiger partial charge in [-0.15, -0.1) is 0 Å². The minimum absolute atomic E-state index is 0.0481. The fraction of sp³-hybridized carbons (Fsp3) is 0.304. The number of benzene rings is 1. The summed E-state index contributed by atoms with van der Waals surface area (Å²) in [5.41, 5.74) is 1.13. The maximum absolute atomic E-state index is 13.6. The molecule has 31 heavy (non-hydrogen) atoms. The zero-order chi connectivity index (χ0) is 22.1. The average molecular weight is 424 g/mol. The summed E-state index contributed by atoms with van der Waals surface area (Å²) in [6, 6.07) is 13.4. The van der Waals surface area contributed by atoms with E-state index in [9.17, 15) is 14.0 Å². The summed E-state index contributed by atoms with van der Waals surface area (Å²) in [6.07, 6.45) is 2.55. The van der Waals surface area contributed by atoms with Crippen LogP contribution in [0.3, 0.4) is 0 Å². The lowest BCUT2D eigenvalue weighted by atomic mass is 9.99. The van der Waals surface area contributed by atoms with E-state index in [1.165, 1.54) is 18.2 Å². The molecule has 0 fully saturated rings. The van der Waals surface area contributed by atoms with Crippen molar-refractivity contribution < 1.29 is 18.7 Å². The summed E-state index contributed by atoms with van der Waals surface area (Å²) in [5, 5.41) is 6.88. The molecule has 3 aromatic rings. The van der Waals surface area contributed by atoms with Crippen molar-refractivity contribution >= 4 is 28.7 Å². The average Bonchev–Trinajstić information content (AvgIpc) is 2.77. The Kier molecular flexibility index (Phi) is 7.86. The normalized spacial score (nSPS) is 11.7. The molecule has 0 saturated heterocycles. The number of aromatic nitrogens is 2. The van der Waals surface area contributed by atoms with Crippen LogP contribution >= 0.6 is 0 Å². The number of carbonyl (C=O) groups excluding carboxylic acids is 2. The molecule has 3 rings (SSSR count). The molecule has 1 atom stereocenters. The van der Waals surface area contributed by atoms with Gasteiger partial charge in [-0.05, 0) is 55.3 Å². The number of fused-ring (bicyclic) bond motifs is 1. The van der Waals surface area contributed by atoms with Gasteiger partial charge in [-0.25, -0.2) is 14.4 Å². The second-order valence-corrected chi connectivity index (χ2v) is 6.94. The van der Waals surface area contributed by atoms with Crippen LogP contribution in [-0.2, 0) is 14.3 Å². The van der Waals surface area contributed by atoms with E-state index in [2.05, 4.69) is 20.6 Å². The monoisotopic (exact) mass is 424 g/mol. The van der Waals surface area contributed by atoms with Crippen LogP contribution in [0.5, 0.6) is 0 Å². The van der Waals surface area contributed by atoms with E-state index < -0.39 is 17.7 Å². The number of amides is 1. The summed E-state index contributed by atoms with van der Waals surface area (Å²) in [4.78, 5) is 33.1. The summed E-state index contributed by atoms with van der Waals surface area (Å²) in [5.74, 6) is -1.19. The van der Waals surface area contributed by atoms with Gasteiger partial charge in [0.25, 0.3) is 0 Å². The molecule has 0 aliphatic rings. The number of ether oxygens (including phenoxy) is 1. The van der Waals surface area contributed by atoms with Crippen molar-refractivity contribution in [3.05, 3.63) is 66.1 Å². The van der Waals surface area contributed by atoms with Crippen LogP contribution in [0.2, 0.25) is 0 Å². The van der Waals surface area contributed by atoms with Crippen molar-refractivity contribution in [1.29, 1.82) is 0 Å². The Morgan fingerprint density at radius 3 is 2.84 bits per heavy atom. The highest BCUT2D eigenvalue weighted by Crippen LogP contribution is 2.18. The number of halogens is 1. The molecule has 162 valence electrons. The molecule has 7 nitrogen and oxygen atoms in total. The molecule has 0 aliphatic carbocycles. The van der Waals surface area contributed by atoms with E-state index in [1.54, 1.807) is 19.2 Å². The van der Waals surface area contributed by atoms with Gasteiger partial charge in [0.2, 0.25) is 5.91 Å². The van der Waals surface area contributed by atoms with E-state index in [-0.39, 0.29) is 25.5 Å². The third-order valence-corrected chi connectivity index (χ3v) is 4.68. The van der Waals surface area contributed by atoms with Crippen LogP contribution in [0.15, 0.2) is 54.7 Å². The van der Waals surface area contributed by atoms with Gasteiger partial charge in [0.1, 0.15) is 11.6 Å². The molecule has 1 amide bonds. The Hall–Kier alpha value is -3.55. The largest absolute Gasteiger partial charge is 0.465 e. The third kappa shape index (κ3) is 6.47. The van der Waals surface area contributed by atoms with Gasteiger partial charge in [-0.3, -0.25) is 9.59 Å². The number of nitrogens with zero attached hydrogens (tertiary/aromatic N) is 2. The lowest BCUT2D eigenvalue weighted by Gasteiger charge is -2.17. The predicted molar refractivity (Wildman–Crippen MR) is 116 cm³/mol. The molecule has 0 aliphatic heterocycles. The number of nitrogens with one attached hydrogen (secondary N) is 2. The predicted octanol–water partition coefficient (Wildman–Crippen LogP) is 3.42. The highest BCUT2D eigenvalue weighted by atomic mass is 19.1. The SMILES string of the molecule is CCOC(=O)[C@H](CNC(=O)CCCNc1ccc2cccnc2n1)c1cccc(F)c1. The van der Waals surface area contributed by atoms with Crippen LogP contribution in [0.4, 0.5) is 10.2 Å². The summed E-state index contributed by atoms with van der Waals surface area (Å²) < 4.78 is 18.6. The number of pyridine rings is 2. The van der Waals surface area contributed by atoms with Crippen molar-refractivity contribution in [1.82, 2.24) is 15.3 Å². The fourth-order valence-corrected chi connectivity index (χ4v) is 3.12. The first-order valence-electron chi connectivity index (χ1n) is 10.2. The number of esters is 1. The van der Waals surface area contributed by atoms with E-state index in [0.717, 1.165) is 5.39 Å². The van der Waals surface area contributed by atoms with Crippen molar-refractivity contribution in [3.63, 3.8) is 0 Å². The highest BCUT2D eigenvalue weighted by Gasteiger charge is 2.23. The van der Waals surface area contributed by atoms with E-state index in [4.69, 9.17) is 4.74 Å². The maximum atomic E-state index is 13.6. The third-order valence-electron chi connectivity index (χ3n) is 4.68. The highest BCUT2D eigenvalue weighted by molar-refractivity contribution is 5.81. The van der Waals surface area contributed by atoms with Crippen LogP contribution in [0.25, 0.3) is 11.0 Å². The Labute approximate surface area is 180 Å². The minimum Gasteiger partial charge on any atom is -0.465 e. The van der Waals surface area contributed by atoms with Gasteiger partial charge in [0.15, 0.2) is 5.65 Å². The van der Waals surface area contributed by atoms with Crippen molar-refractivity contribution in [2.45, 2.75) is 25.7 Å². The number of anilines is 1. The number of hydrogen-bond acceptors (Lipinski definition) is 6. The van der Waals surface area contributed by atoms with Gasteiger partial charge in [-0.2, -0.15) is 0 Å². The Balaban J connectivity index is 1.46. The first kappa shape index (κ1) is 22.1. The van der Waals surface area contributed by atoms with E-state index in [1.807, 2.05) is 24.3 Å². The van der Waals surface area contributed by atoms with Crippen LogP contribution < -0.4 is 10.6 Å². The minimum atomic E-state index is -0.757. The van der Waals surface area contributed by atoms with Crippen molar-refractivity contribution in [2.75, 3.05) is 25.0 Å². The van der Waals surface area contributed by atoms with Crippen LogP contribution in [-0.4, -0.2) is 41.5 Å². The molecule has 0 spiro atoms. The Morgan fingerprint density at radius 2 is 2.03 bits per heavy atom. The lowest BCUT2D eigenvalue weighted by Crippen LogP contribution is -2.32. The molecule has 0 unspecified atom stereocenters. The van der Waals surface area contributed by atoms with Crippen molar-refractivity contribution in [2.24, 2.45) is 0 Å². The quantitative estimate of drug-likeness (QED) is 0.383. The van der Waals surface area contributed by atoms with Gasteiger partial charge in [-0.1, -0.05) is 12.1 Å². The molecule has 2 N–H and O–H groups in total. The topological polar surface area (TPSA) is 93.2 Å². The number of hydrogen-bond donors (Lipinski definition) is 2. The van der Waals surface area contributed by atoms with Gasteiger partial charge in [0.05, 0.1) is 12.5 Å². The second-order valence-electron chi connectivity index (χ2n) is 6.94. The number of rotatable bonds is 10. The Bertz CT molecular complexity index is 1040. The summed E-state index contributed by atoms with van der Waals surface area (Å²) in [7, 11) is 0. The Morgan fingerprint density at radius 1 is 1.16 bits per heavy atom. The zero-order valence-electron chi connectivity index (χ0n) is 17.3. The molecular weight excluding hydrogens is 399 g/mol. The standard InChI is InChI=1S/C23H25FN4O3/c1-2-31-23(30)19(17-6-3-8-18(24)14-17)15-27-21(29)9-5-12-25-20-11-10-16-7-4-13-26-22(16)28-20/h3-4,6-8,10-11,13-14,19H,2,5,9,12,15H2,1H3,(H,27,29)(H,25,26,28)/t19-/m1/s1. The number of carbonyl (C=O) groups is 2. The van der Waals surface area contributed by atoms with Gasteiger partial charge < -0.3 is 15.4 Å². The molecule has 8 heteroatoms. The molecule has 2 aromatic heterocycles.